The van der Waals surface area contributed by atoms with Gasteiger partial charge < -0.3 is 10.6 Å². The summed E-state index contributed by atoms with van der Waals surface area (Å²) in [5.74, 6) is -1.16. The molecule has 0 aliphatic rings. The first-order chi connectivity index (χ1) is 9.60. The lowest BCUT2D eigenvalue weighted by molar-refractivity contribution is 0.0963. The first-order valence-electron chi connectivity index (χ1n) is 6.10. The summed E-state index contributed by atoms with van der Waals surface area (Å²) in [6.07, 6.45) is 0. The molecule has 2 aromatic carbocycles. The van der Waals surface area contributed by atoms with Crippen LogP contribution in [0.15, 0.2) is 42.5 Å². The van der Waals surface area contributed by atoms with E-state index in [1.54, 1.807) is 31.3 Å². The van der Waals surface area contributed by atoms with Crippen LogP contribution in [-0.2, 0) is 6.54 Å². The Morgan fingerprint density at radius 1 is 1.15 bits per heavy atom. The molecule has 0 heterocycles. The third kappa shape index (κ3) is 3.32. The van der Waals surface area contributed by atoms with E-state index in [4.69, 9.17) is 0 Å². The first kappa shape index (κ1) is 14.0. The van der Waals surface area contributed by atoms with Gasteiger partial charge >= 0.3 is 0 Å². The van der Waals surface area contributed by atoms with Gasteiger partial charge in [-0.1, -0.05) is 6.07 Å². The largest absolute Gasteiger partial charge is 0.381 e. The van der Waals surface area contributed by atoms with Crippen LogP contribution in [0.1, 0.15) is 15.9 Å². The van der Waals surface area contributed by atoms with Gasteiger partial charge in [-0.25, -0.2) is 8.78 Å². The minimum atomic E-state index is -0.484. The Kier molecular flexibility index (Phi) is 4.30. The molecule has 0 saturated carbocycles. The standard InChI is InChI=1S/C15H14F2N2O/c1-18-15(20)10-3-2-4-13(8-10)19-9-11-7-12(16)5-6-14(11)17/h2-8,19H,9H2,1H3,(H,18,20). The molecule has 1 amide bonds. The van der Waals surface area contributed by atoms with Crippen molar-refractivity contribution in [1.29, 1.82) is 0 Å². The summed E-state index contributed by atoms with van der Waals surface area (Å²) in [4.78, 5) is 11.5. The number of carbonyl (C=O) groups excluding carboxylic acids is 1. The average Bonchev–Trinajstić information content (AvgIpc) is 2.47. The van der Waals surface area contributed by atoms with Crippen LogP contribution in [0.25, 0.3) is 0 Å². The second-order valence-electron chi connectivity index (χ2n) is 4.25. The molecule has 0 aliphatic carbocycles. The van der Waals surface area contributed by atoms with E-state index >= 15 is 0 Å². The number of anilines is 1. The summed E-state index contributed by atoms with van der Waals surface area (Å²) in [5, 5.41) is 5.48. The van der Waals surface area contributed by atoms with Crippen LogP contribution >= 0.6 is 0 Å². The van der Waals surface area contributed by atoms with E-state index < -0.39 is 11.6 Å². The van der Waals surface area contributed by atoms with Gasteiger partial charge in [0.15, 0.2) is 0 Å². The zero-order valence-electron chi connectivity index (χ0n) is 10.9. The predicted molar refractivity (Wildman–Crippen MR) is 73.5 cm³/mol. The molecule has 0 fully saturated rings. The highest BCUT2D eigenvalue weighted by Gasteiger charge is 2.06. The van der Waals surface area contributed by atoms with Crippen molar-refractivity contribution in [2.45, 2.75) is 6.54 Å². The minimum absolute atomic E-state index is 0.140. The number of nitrogens with one attached hydrogen (secondary N) is 2. The van der Waals surface area contributed by atoms with Gasteiger partial charge in [0.25, 0.3) is 5.91 Å². The number of rotatable bonds is 4. The molecule has 0 bridgehead atoms. The zero-order chi connectivity index (χ0) is 14.5. The van der Waals surface area contributed by atoms with Crippen molar-refractivity contribution in [3.63, 3.8) is 0 Å². The maximum Gasteiger partial charge on any atom is 0.251 e. The molecule has 0 unspecified atom stereocenters. The van der Waals surface area contributed by atoms with Crippen molar-refractivity contribution in [2.75, 3.05) is 12.4 Å². The maximum absolute atomic E-state index is 13.5. The van der Waals surface area contributed by atoms with E-state index in [9.17, 15) is 13.6 Å². The summed E-state index contributed by atoms with van der Waals surface area (Å²) < 4.78 is 26.5. The van der Waals surface area contributed by atoms with Gasteiger partial charge in [0, 0.05) is 30.4 Å². The fourth-order valence-electron chi connectivity index (χ4n) is 1.79. The fourth-order valence-corrected chi connectivity index (χ4v) is 1.79. The summed E-state index contributed by atoms with van der Waals surface area (Å²) in [6, 6.07) is 10.1. The molecule has 0 spiro atoms. The highest BCUT2D eigenvalue weighted by atomic mass is 19.1. The van der Waals surface area contributed by atoms with E-state index in [0.29, 0.717) is 11.3 Å². The van der Waals surface area contributed by atoms with Crippen molar-refractivity contribution in [3.8, 4) is 0 Å². The maximum atomic E-state index is 13.5. The number of carbonyl (C=O) groups is 1. The van der Waals surface area contributed by atoms with Gasteiger partial charge in [-0.3, -0.25) is 4.79 Å². The fraction of sp³-hybridized carbons (Fsp3) is 0.133. The van der Waals surface area contributed by atoms with Crippen molar-refractivity contribution in [2.24, 2.45) is 0 Å². The summed E-state index contributed by atoms with van der Waals surface area (Å²) >= 11 is 0. The highest BCUT2D eigenvalue weighted by Crippen LogP contribution is 2.14. The number of hydrogen-bond donors (Lipinski definition) is 2. The Morgan fingerprint density at radius 3 is 2.70 bits per heavy atom. The van der Waals surface area contributed by atoms with Crippen LogP contribution in [0.3, 0.4) is 0 Å². The molecule has 2 N–H and O–H groups in total. The zero-order valence-corrected chi connectivity index (χ0v) is 10.9. The highest BCUT2D eigenvalue weighted by molar-refractivity contribution is 5.94. The van der Waals surface area contributed by atoms with Crippen molar-refractivity contribution < 1.29 is 13.6 Å². The molecule has 0 aromatic heterocycles. The summed E-state index contributed by atoms with van der Waals surface area (Å²) in [7, 11) is 1.55. The Balaban J connectivity index is 2.11. The second kappa shape index (κ2) is 6.14. The van der Waals surface area contributed by atoms with Crippen molar-refractivity contribution >= 4 is 11.6 Å². The van der Waals surface area contributed by atoms with Crippen LogP contribution < -0.4 is 10.6 Å². The molecule has 2 rings (SSSR count). The van der Waals surface area contributed by atoms with Crippen molar-refractivity contribution in [3.05, 3.63) is 65.2 Å². The van der Waals surface area contributed by atoms with Crippen LogP contribution in [0.4, 0.5) is 14.5 Å². The van der Waals surface area contributed by atoms with Gasteiger partial charge in [-0.2, -0.15) is 0 Å². The second-order valence-corrected chi connectivity index (χ2v) is 4.25. The average molecular weight is 276 g/mol. The number of amides is 1. The summed E-state index contributed by atoms with van der Waals surface area (Å²) in [6.45, 7) is 0.140. The molecule has 5 heteroatoms. The molecule has 20 heavy (non-hydrogen) atoms. The van der Waals surface area contributed by atoms with Crippen LogP contribution in [0.2, 0.25) is 0 Å². The molecule has 0 atom stereocenters. The van der Waals surface area contributed by atoms with E-state index in [2.05, 4.69) is 10.6 Å². The number of halogens is 2. The van der Waals surface area contributed by atoms with E-state index in [-0.39, 0.29) is 18.0 Å². The topological polar surface area (TPSA) is 41.1 Å². The minimum Gasteiger partial charge on any atom is -0.381 e. The molecule has 0 radical (unpaired) electrons. The molecular weight excluding hydrogens is 262 g/mol. The first-order valence-corrected chi connectivity index (χ1v) is 6.10. The van der Waals surface area contributed by atoms with Crippen LogP contribution in [0.5, 0.6) is 0 Å². The Morgan fingerprint density at radius 2 is 1.95 bits per heavy atom. The molecule has 3 nitrogen and oxygen atoms in total. The lowest BCUT2D eigenvalue weighted by atomic mass is 10.1. The monoisotopic (exact) mass is 276 g/mol. The van der Waals surface area contributed by atoms with Gasteiger partial charge in [0.2, 0.25) is 0 Å². The predicted octanol–water partition coefficient (Wildman–Crippen LogP) is 2.94. The van der Waals surface area contributed by atoms with Gasteiger partial charge in [-0.15, -0.1) is 0 Å². The molecule has 104 valence electrons. The van der Waals surface area contributed by atoms with Crippen LogP contribution in [0, 0.1) is 11.6 Å². The van der Waals surface area contributed by atoms with E-state index in [0.717, 1.165) is 18.2 Å². The lowest BCUT2D eigenvalue weighted by Gasteiger charge is -2.09. The van der Waals surface area contributed by atoms with Gasteiger partial charge in [0.1, 0.15) is 11.6 Å². The molecule has 2 aromatic rings. The Labute approximate surface area is 115 Å². The third-order valence-electron chi connectivity index (χ3n) is 2.84. The smallest absolute Gasteiger partial charge is 0.251 e. The van der Waals surface area contributed by atoms with E-state index in [1.165, 1.54) is 0 Å². The molecular formula is C15H14F2N2O. The molecule has 0 saturated heterocycles. The van der Waals surface area contributed by atoms with Crippen molar-refractivity contribution in [1.82, 2.24) is 5.32 Å². The van der Waals surface area contributed by atoms with E-state index in [1.807, 2.05) is 0 Å². The quantitative estimate of drug-likeness (QED) is 0.901. The third-order valence-corrected chi connectivity index (χ3v) is 2.84. The number of benzene rings is 2. The van der Waals surface area contributed by atoms with Crippen LogP contribution in [-0.4, -0.2) is 13.0 Å². The SMILES string of the molecule is CNC(=O)c1cccc(NCc2cc(F)ccc2F)c1. The molecule has 0 aliphatic heterocycles. The summed E-state index contributed by atoms with van der Waals surface area (Å²) in [5.41, 5.74) is 1.39. The Bertz CT molecular complexity index is 629. The lowest BCUT2D eigenvalue weighted by Crippen LogP contribution is -2.17. The van der Waals surface area contributed by atoms with Gasteiger partial charge in [-0.05, 0) is 36.4 Å². The number of hydrogen-bond acceptors (Lipinski definition) is 2. The normalized spacial score (nSPS) is 10.2. The Hall–Kier alpha value is -2.43. The van der Waals surface area contributed by atoms with Gasteiger partial charge in [0.05, 0.1) is 0 Å².